The maximum absolute atomic E-state index is 11.8. The van der Waals surface area contributed by atoms with Crippen LogP contribution in [-0.4, -0.2) is 66.7 Å². The number of fused-ring (bicyclic) bond motifs is 5. The van der Waals surface area contributed by atoms with Gasteiger partial charge in [-0.05, 0) is 136 Å². The zero-order valence-corrected chi connectivity index (χ0v) is 28.4. The molecule has 1 aliphatic heterocycles. The van der Waals surface area contributed by atoms with E-state index < -0.39 is 16.5 Å². The van der Waals surface area contributed by atoms with E-state index in [-0.39, 0.29) is 17.4 Å². The van der Waals surface area contributed by atoms with Crippen LogP contribution in [0, 0.1) is 57.7 Å². The molecule has 0 aromatic rings. The van der Waals surface area contributed by atoms with Crippen molar-refractivity contribution in [2.45, 2.75) is 136 Å². The van der Waals surface area contributed by atoms with E-state index >= 15 is 0 Å². The van der Waals surface area contributed by atoms with Crippen molar-refractivity contribution in [1.82, 2.24) is 10.2 Å². The zero-order chi connectivity index (χ0) is 31.2. The van der Waals surface area contributed by atoms with Crippen molar-refractivity contribution in [2.75, 3.05) is 19.6 Å². The van der Waals surface area contributed by atoms with Gasteiger partial charge < -0.3 is 15.3 Å². The van der Waals surface area contributed by atoms with Crippen LogP contribution in [0.4, 0.5) is 0 Å². The lowest BCUT2D eigenvalue weighted by Crippen LogP contribution is -2.59. The van der Waals surface area contributed by atoms with E-state index in [2.05, 4.69) is 31.0 Å². The zero-order valence-electron chi connectivity index (χ0n) is 27.6. The van der Waals surface area contributed by atoms with Crippen LogP contribution < -0.4 is 5.32 Å². The highest BCUT2D eigenvalue weighted by molar-refractivity contribution is 7.80. The molecule has 8 nitrogen and oxygen atoms in total. The molecule has 0 aromatic heterocycles. The Balaban J connectivity index is 1.17. The summed E-state index contributed by atoms with van der Waals surface area (Å²) in [6.07, 6.45) is 13.4. The fourth-order valence-electron chi connectivity index (χ4n) is 11.2. The van der Waals surface area contributed by atoms with Crippen molar-refractivity contribution in [1.29, 1.82) is 5.41 Å². The summed E-state index contributed by atoms with van der Waals surface area (Å²) in [6, 6.07) is 0.546. The standard InChI is InChI=1S/C34H61N3O5S/c1-22(2)30(42-43(39,40)41)12-9-23(3)26-10-11-27-32-28(14-16-34(26,27)5)33(4)15-13-25(20-24(33)21-29(32)38)36-17-7-19-37-18-6-8-31(37)35/h22-30,32,35-36,38H,6-21H2,1-5H3,(H,39,40,41)/t23-,24-,25+,26-,27+,28+,29-,30-,32+,33+,34-/m1/s1. The van der Waals surface area contributed by atoms with Crippen LogP contribution in [0.5, 0.6) is 0 Å². The summed E-state index contributed by atoms with van der Waals surface area (Å²) in [6.45, 7) is 14.3. The summed E-state index contributed by atoms with van der Waals surface area (Å²) in [4.78, 5) is 2.24. The van der Waals surface area contributed by atoms with Crippen LogP contribution in [0.3, 0.4) is 0 Å². The van der Waals surface area contributed by atoms with Gasteiger partial charge >= 0.3 is 10.4 Å². The van der Waals surface area contributed by atoms with Gasteiger partial charge in [0.2, 0.25) is 0 Å². The van der Waals surface area contributed by atoms with Gasteiger partial charge in [-0.2, -0.15) is 8.42 Å². The first kappa shape index (κ1) is 33.6. The minimum Gasteiger partial charge on any atom is -0.393 e. The van der Waals surface area contributed by atoms with Crippen molar-refractivity contribution in [3.63, 3.8) is 0 Å². The number of hydrogen-bond acceptors (Lipinski definition) is 6. The first-order chi connectivity index (χ1) is 20.2. The Hall–Kier alpha value is -0.740. The van der Waals surface area contributed by atoms with Gasteiger partial charge in [-0.1, -0.05) is 34.6 Å². The molecule has 0 unspecified atom stereocenters. The van der Waals surface area contributed by atoms with Crippen molar-refractivity contribution >= 4 is 16.2 Å². The van der Waals surface area contributed by atoms with E-state index in [1.165, 1.54) is 44.9 Å². The Morgan fingerprint density at radius 2 is 1.77 bits per heavy atom. The van der Waals surface area contributed by atoms with E-state index in [0.717, 1.165) is 57.6 Å². The number of amidine groups is 1. The molecule has 4 saturated carbocycles. The SMILES string of the molecule is CC(C)[C@@H](CC[C@@H](C)[C@H]1CC[C@H]2[C@@H]3[C@H](O)C[C@H]4C[C@@H](NCCCN5CCCC5=N)CC[C@]4(C)[C@H]3CC[C@]12C)OS(=O)(=O)O. The van der Waals surface area contributed by atoms with Crippen molar-refractivity contribution in [3.05, 3.63) is 0 Å². The lowest BCUT2D eigenvalue weighted by molar-refractivity contribution is -0.167. The highest BCUT2D eigenvalue weighted by Crippen LogP contribution is 2.68. The summed E-state index contributed by atoms with van der Waals surface area (Å²) in [5.41, 5.74) is 0.530. The number of aliphatic hydroxyl groups is 1. The largest absolute Gasteiger partial charge is 0.397 e. The smallest absolute Gasteiger partial charge is 0.393 e. The summed E-state index contributed by atoms with van der Waals surface area (Å²) < 4.78 is 37.1. The molecule has 5 rings (SSSR count). The normalized spacial score (nSPS) is 41.2. The second-order valence-electron chi connectivity index (χ2n) is 16.2. The number of nitrogens with one attached hydrogen (secondary N) is 2. The molecule has 0 spiro atoms. The van der Waals surface area contributed by atoms with E-state index in [4.69, 9.17) is 9.59 Å². The molecular formula is C34H61N3O5S. The summed E-state index contributed by atoms with van der Waals surface area (Å²) in [7, 11) is -4.46. The molecule has 4 N–H and O–H groups in total. The van der Waals surface area contributed by atoms with Gasteiger partial charge in [-0.15, -0.1) is 0 Å². The van der Waals surface area contributed by atoms with Crippen molar-refractivity contribution in [2.24, 2.45) is 52.3 Å². The molecule has 5 aliphatic rings. The molecule has 43 heavy (non-hydrogen) atoms. The molecule has 1 heterocycles. The average Bonchev–Trinajstić information content (AvgIpc) is 3.50. The van der Waals surface area contributed by atoms with E-state index in [1.54, 1.807) is 0 Å². The molecule has 0 aromatic carbocycles. The predicted molar refractivity (Wildman–Crippen MR) is 171 cm³/mol. The van der Waals surface area contributed by atoms with Gasteiger partial charge in [-0.3, -0.25) is 9.96 Å². The fraction of sp³-hybridized carbons (Fsp3) is 0.971. The van der Waals surface area contributed by atoms with Crippen LogP contribution in [0.15, 0.2) is 0 Å². The molecule has 0 amide bonds. The number of likely N-dealkylation sites (tertiary alicyclic amines) is 1. The van der Waals surface area contributed by atoms with Crippen LogP contribution in [0.25, 0.3) is 0 Å². The van der Waals surface area contributed by atoms with Gasteiger partial charge in [0.15, 0.2) is 0 Å². The summed E-state index contributed by atoms with van der Waals surface area (Å²) in [5, 5.41) is 23.7. The van der Waals surface area contributed by atoms with Crippen molar-refractivity contribution < 1.29 is 22.3 Å². The van der Waals surface area contributed by atoms with Gasteiger partial charge in [0.05, 0.1) is 18.0 Å². The highest BCUT2D eigenvalue weighted by Gasteiger charge is 2.62. The third-order valence-corrected chi connectivity index (χ3v) is 14.1. The molecule has 0 radical (unpaired) electrons. The van der Waals surface area contributed by atoms with Gasteiger partial charge in [0.25, 0.3) is 0 Å². The Labute approximate surface area is 261 Å². The van der Waals surface area contributed by atoms with Crippen LogP contribution >= 0.6 is 0 Å². The second kappa shape index (κ2) is 13.2. The molecular weight excluding hydrogens is 562 g/mol. The molecule has 11 atom stereocenters. The lowest BCUT2D eigenvalue weighted by Gasteiger charge is -2.62. The average molecular weight is 624 g/mol. The molecule has 9 heteroatoms. The van der Waals surface area contributed by atoms with Crippen LogP contribution in [0.2, 0.25) is 0 Å². The minimum atomic E-state index is -4.46. The van der Waals surface area contributed by atoms with Gasteiger partial charge in [-0.25, -0.2) is 4.18 Å². The molecule has 5 fully saturated rings. The molecule has 1 saturated heterocycles. The quantitative estimate of drug-likeness (QED) is 0.149. The van der Waals surface area contributed by atoms with E-state index in [1.807, 2.05) is 13.8 Å². The Morgan fingerprint density at radius 1 is 1.05 bits per heavy atom. The molecule has 248 valence electrons. The third kappa shape index (κ3) is 7.01. The summed E-state index contributed by atoms with van der Waals surface area (Å²) >= 11 is 0. The van der Waals surface area contributed by atoms with Gasteiger partial charge in [0, 0.05) is 25.6 Å². The van der Waals surface area contributed by atoms with Gasteiger partial charge in [0.1, 0.15) is 0 Å². The topological polar surface area (TPSA) is 123 Å². The Kier molecular flexibility index (Phi) is 10.3. The van der Waals surface area contributed by atoms with E-state index in [0.29, 0.717) is 53.4 Å². The summed E-state index contributed by atoms with van der Waals surface area (Å²) in [5.74, 6) is 3.97. The second-order valence-corrected chi connectivity index (χ2v) is 17.2. The highest BCUT2D eigenvalue weighted by atomic mass is 32.3. The monoisotopic (exact) mass is 623 g/mol. The van der Waals surface area contributed by atoms with Crippen LogP contribution in [0.1, 0.15) is 118 Å². The Morgan fingerprint density at radius 3 is 2.44 bits per heavy atom. The molecule has 0 bridgehead atoms. The maximum Gasteiger partial charge on any atom is 0.397 e. The third-order valence-electron chi connectivity index (χ3n) is 13.6. The number of rotatable bonds is 12. The predicted octanol–water partition coefficient (Wildman–Crippen LogP) is 6.30. The van der Waals surface area contributed by atoms with Crippen LogP contribution in [-0.2, 0) is 14.6 Å². The number of hydrogen-bond donors (Lipinski definition) is 4. The van der Waals surface area contributed by atoms with E-state index in [9.17, 15) is 18.1 Å². The first-order valence-corrected chi connectivity index (χ1v) is 19.0. The first-order valence-electron chi connectivity index (χ1n) is 17.6. The van der Waals surface area contributed by atoms with Crippen molar-refractivity contribution in [3.8, 4) is 0 Å². The maximum atomic E-state index is 11.8. The minimum absolute atomic E-state index is 0.0124. The Bertz CT molecular complexity index is 1090. The number of aliphatic hydroxyl groups excluding tert-OH is 1. The molecule has 4 aliphatic carbocycles. The lowest BCUT2D eigenvalue weighted by atomic mass is 9.43. The fourth-order valence-corrected chi connectivity index (χ4v) is 11.8. The number of nitrogens with zero attached hydrogens (tertiary/aromatic N) is 1.